The van der Waals surface area contributed by atoms with Crippen LogP contribution in [0.5, 0.6) is 0 Å². The first-order chi connectivity index (χ1) is 7.82. The molecule has 0 saturated heterocycles. The van der Waals surface area contributed by atoms with Crippen LogP contribution >= 0.6 is 0 Å². The van der Waals surface area contributed by atoms with Crippen molar-refractivity contribution in [2.75, 3.05) is 0 Å². The van der Waals surface area contributed by atoms with Crippen LogP contribution in [0.15, 0.2) is 16.5 Å². The molecule has 110 valence electrons. The summed E-state index contributed by atoms with van der Waals surface area (Å²) in [6, 6.07) is 4.43. The van der Waals surface area contributed by atoms with Gasteiger partial charge in [-0.15, -0.1) is 0 Å². The van der Waals surface area contributed by atoms with Crippen LogP contribution in [0.1, 0.15) is 79.4 Å². The lowest BCUT2D eigenvalue weighted by molar-refractivity contribution is -0.00000542. The zero-order valence-corrected chi connectivity index (χ0v) is 16.1. The van der Waals surface area contributed by atoms with Gasteiger partial charge in [-0.05, 0) is 52.5 Å². The molecule has 0 bridgehead atoms. The maximum Gasteiger partial charge on any atom is 0.334 e. The highest BCUT2D eigenvalue weighted by Crippen LogP contribution is 2.34. The Morgan fingerprint density at radius 1 is 0.632 bits per heavy atom. The van der Waals surface area contributed by atoms with Gasteiger partial charge < -0.3 is 24.0 Å². The van der Waals surface area contributed by atoms with E-state index in [1.165, 1.54) is 5.56 Å². The number of hydrogen-bond acceptors (Lipinski definition) is 0. The monoisotopic (exact) mass is 376 g/mol. The van der Waals surface area contributed by atoms with E-state index in [4.69, 9.17) is 4.42 Å². The summed E-state index contributed by atoms with van der Waals surface area (Å²) in [5.41, 5.74) is 1.59. The smallest absolute Gasteiger partial charge is 0.334 e. The molecule has 0 radical (unpaired) electrons. The maximum atomic E-state index is 6.14. The predicted octanol–water partition coefficient (Wildman–Crippen LogP) is 2.46. The van der Waals surface area contributed by atoms with E-state index in [1.807, 2.05) is 0 Å². The largest absolute Gasteiger partial charge is 1.00 e. The Bertz CT molecular complexity index is 349. The second-order valence-electron chi connectivity index (χ2n) is 8.32. The molecule has 1 nitrogen and oxygen atoms in total. The van der Waals surface area contributed by atoms with Crippen molar-refractivity contribution < 1.29 is 28.4 Å². The minimum atomic E-state index is 0. The maximum absolute atomic E-state index is 6.14. The van der Waals surface area contributed by atoms with Crippen molar-refractivity contribution >= 4 is 0 Å². The first-order valence-electron chi connectivity index (χ1n) is 6.81. The van der Waals surface area contributed by atoms with E-state index in [0.717, 1.165) is 11.5 Å². The van der Waals surface area contributed by atoms with E-state index in [0.29, 0.717) is 0 Å². The summed E-state index contributed by atoms with van der Waals surface area (Å²) >= 11 is 0. The lowest BCUT2D eigenvalue weighted by atomic mass is 9.82. The molecule has 0 aromatic carbocycles. The van der Waals surface area contributed by atoms with Gasteiger partial charge in [0.05, 0.1) is 10.8 Å². The third kappa shape index (κ3) is 5.05. The van der Waals surface area contributed by atoms with Crippen LogP contribution in [-0.4, -0.2) is 0 Å². The van der Waals surface area contributed by atoms with Gasteiger partial charge in [0.25, 0.3) is 0 Å². The highest BCUT2D eigenvalue weighted by atomic mass is 127. The summed E-state index contributed by atoms with van der Waals surface area (Å²) in [5.74, 6) is 2.14. The molecular formula is C17H29IO. The van der Waals surface area contributed by atoms with Crippen molar-refractivity contribution in [1.82, 2.24) is 0 Å². The summed E-state index contributed by atoms with van der Waals surface area (Å²) < 4.78 is 6.14. The SMILES string of the molecule is CC(C)(C)c1cc(C(C)(C)C)[o+]c(C(C)(C)C)c1.[I-]. The molecule has 0 atom stereocenters. The fraction of sp³-hybridized carbons (Fsp3) is 0.706. The molecule has 0 amide bonds. The lowest BCUT2D eigenvalue weighted by Crippen LogP contribution is -3.00. The number of halogens is 1. The second kappa shape index (κ2) is 5.71. The summed E-state index contributed by atoms with van der Waals surface area (Å²) in [6.07, 6.45) is 0. The van der Waals surface area contributed by atoms with Crippen molar-refractivity contribution in [3.05, 3.63) is 29.2 Å². The highest BCUT2D eigenvalue weighted by Gasteiger charge is 2.35. The van der Waals surface area contributed by atoms with Crippen LogP contribution in [0.4, 0.5) is 0 Å². The van der Waals surface area contributed by atoms with Crippen molar-refractivity contribution in [3.63, 3.8) is 0 Å². The fourth-order valence-corrected chi connectivity index (χ4v) is 1.67. The van der Waals surface area contributed by atoms with Gasteiger partial charge in [-0.2, -0.15) is 0 Å². The van der Waals surface area contributed by atoms with Gasteiger partial charge >= 0.3 is 11.5 Å². The Hall–Kier alpha value is -0.120. The second-order valence-corrected chi connectivity index (χ2v) is 8.32. The predicted molar refractivity (Wildman–Crippen MR) is 79.2 cm³/mol. The molecule has 0 fully saturated rings. The molecule has 1 heterocycles. The van der Waals surface area contributed by atoms with Crippen LogP contribution in [0.25, 0.3) is 0 Å². The Labute approximate surface area is 136 Å². The zero-order chi connectivity index (χ0) is 14.4. The van der Waals surface area contributed by atoms with E-state index in [2.05, 4.69) is 74.4 Å². The van der Waals surface area contributed by atoms with Crippen LogP contribution in [-0.2, 0) is 16.2 Å². The van der Waals surface area contributed by atoms with Crippen molar-refractivity contribution in [1.29, 1.82) is 0 Å². The summed E-state index contributed by atoms with van der Waals surface area (Å²) in [4.78, 5) is 0. The molecule has 0 spiro atoms. The first kappa shape index (κ1) is 18.9. The third-order valence-corrected chi connectivity index (χ3v) is 3.14. The highest BCUT2D eigenvalue weighted by molar-refractivity contribution is 5.29. The third-order valence-electron chi connectivity index (χ3n) is 3.14. The topological polar surface area (TPSA) is 11.3 Å². The average molecular weight is 376 g/mol. The normalized spacial score (nSPS) is 13.1. The standard InChI is InChI=1S/C17H29O.HI/c1-15(2,3)12-10-13(16(4,5)6)18-14(11-12)17(7,8)9;/h10-11H,1-9H3;1H/q+1;/p-1. The molecule has 0 unspecified atom stereocenters. The minimum Gasteiger partial charge on any atom is -1.00 e. The van der Waals surface area contributed by atoms with Crippen molar-refractivity contribution in [2.45, 2.75) is 78.6 Å². The summed E-state index contributed by atoms with van der Waals surface area (Å²) in [7, 11) is 0. The van der Waals surface area contributed by atoms with Crippen LogP contribution in [0.2, 0.25) is 0 Å². The molecule has 0 aliphatic heterocycles. The number of rotatable bonds is 0. The van der Waals surface area contributed by atoms with Crippen LogP contribution < -0.4 is 24.0 Å². The van der Waals surface area contributed by atoms with Crippen LogP contribution in [0.3, 0.4) is 0 Å². The van der Waals surface area contributed by atoms with Gasteiger partial charge in [-0.25, -0.2) is 4.42 Å². The average Bonchev–Trinajstić information content (AvgIpc) is 2.13. The van der Waals surface area contributed by atoms with Crippen LogP contribution in [0, 0.1) is 0 Å². The van der Waals surface area contributed by atoms with Crippen molar-refractivity contribution in [3.8, 4) is 0 Å². The molecule has 19 heavy (non-hydrogen) atoms. The Kier molecular flexibility index (Phi) is 5.67. The lowest BCUT2D eigenvalue weighted by Gasteiger charge is -2.21. The minimum absolute atomic E-state index is 0. The van der Waals surface area contributed by atoms with E-state index in [1.54, 1.807) is 0 Å². The van der Waals surface area contributed by atoms with Gasteiger partial charge in [-0.1, -0.05) is 20.8 Å². The van der Waals surface area contributed by atoms with Gasteiger partial charge in [0.15, 0.2) is 0 Å². The molecule has 2 heteroatoms. The fourth-order valence-electron chi connectivity index (χ4n) is 1.67. The van der Waals surface area contributed by atoms with E-state index >= 15 is 0 Å². The van der Waals surface area contributed by atoms with E-state index in [-0.39, 0.29) is 40.2 Å². The molecule has 0 aliphatic carbocycles. The molecular weight excluding hydrogens is 347 g/mol. The van der Waals surface area contributed by atoms with E-state index < -0.39 is 0 Å². The molecule has 0 N–H and O–H groups in total. The molecule has 0 aliphatic rings. The van der Waals surface area contributed by atoms with Crippen molar-refractivity contribution in [2.24, 2.45) is 0 Å². The quantitative estimate of drug-likeness (QED) is 0.500. The molecule has 1 aromatic rings. The van der Waals surface area contributed by atoms with Gasteiger partial charge in [0.2, 0.25) is 0 Å². The van der Waals surface area contributed by atoms with Gasteiger partial charge in [0, 0.05) is 12.1 Å². The van der Waals surface area contributed by atoms with Gasteiger partial charge in [-0.3, -0.25) is 0 Å². The molecule has 1 aromatic heterocycles. The Balaban J connectivity index is 0.00000324. The first-order valence-corrected chi connectivity index (χ1v) is 6.81. The summed E-state index contributed by atoms with van der Waals surface area (Å²) in [6.45, 7) is 19.9. The Morgan fingerprint density at radius 3 is 1.16 bits per heavy atom. The zero-order valence-electron chi connectivity index (χ0n) is 13.9. The molecule has 1 rings (SSSR count). The van der Waals surface area contributed by atoms with Gasteiger partial charge in [0.1, 0.15) is 0 Å². The number of hydrogen-bond donors (Lipinski definition) is 0. The van der Waals surface area contributed by atoms with E-state index in [9.17, 15) is 0 Å². The Morgan fingerprint density at radius 2 is 0.947 bits per heavy atom. The molecule has 0 saturated carbocycles. The summed E-state index contributed by atoms with van der Waals surface area (Å²) in [5, 5.41) is 0.